The molecular weight excluding hydrogens is 653 g/mol. The molecule has 0 saturated carbocycles. The summed E-state index contributed by atoms with van der Waals surface area (Å²) >= 11 is 0. The third-order valence-corrected chi connectivity index (χ3v) is 10.9. The molecule has 0 saturated heterocycles. The van der Waals surface area contributed by atoms with Gasteiger partial charge in [0.2, 0.25) is 0 Å². The van der Waals surface area contributed by atoms with Gasteiger partial charge in [-0.2, -0.15) is 0 Å². The van der Waals surface area contributed by atoms with E-state index in [2.05, 4.69) is 217 Å². The summed E-state index contributed by atoms with van der Waals surface area (Å²) in [5.41, 5.74) is 16.8. The Bertz CT molecular complexity index is 2690. The van der Waals surface area contributed by atoms with E-state index in [0.717, 1.165) is 11.4 Å². The second-order valence-electron chi connectivity index (χ2n) is 14.3. The first kappa shape index (κ1) is 31.8. The van der Waals surface area contributed by atoms with Crippen molar-refractivity contribution in [3.05, 3.63) is 228 Å². The molecule has 0 N–H and O–H groups in total. The molecule has 2 nitrogen and oxygen atoms in total. The number of benzene rings is 8. The minimum atomic E-state index is 1.15. The van der Waals surface area contributed by atoms with Crippen LogP contribution in [-0.4, -0.2) is 9.13 Å². The summed E-state index contributed by atoms with van der Waals surface area (Å²) in [6, 6.07) is 71.1. The minimum absolute atomic E-state index is 1.15. The maximum atomic E-state index is 2.39. The maximum Gasteiger partial charge on any atom is 0.0541 e. The molecule has 2 heterocycles. The summed E-state index contributed by atoms with van der Waals surface area (Å²) in [5.74, 6) is 0. The van der Waals surface area contributed by atoms with Crippen molar-refractivity contribution in [3.63, 3.8) is 0 Å². The molecule has 0 amide bonds. The van der Waals surface area contributed by atoms with Crippen molar-refractivity contribution in [1.82, 2.24) is 9.13 Å². The third kappa shape index (κ3) is 5.26. The zero-order valence-corrected chi connectivity index (χ0v) is 30.4. The summed E-state index contributed by atoms with van der Waals surface area (Å²) < 4.78 is 4.77. The highest BCUT2D eigenvalue weighted by Crippen LogP contribution is 2.40. The smallest absolute Gasteiger partial charge is 0.0541 e. The maximum absolute atomic E-state index is 2.39. The predicted molar refractivity (Wildman–Crippen MR) is 229 cm³/mol. The third-order valence-electron chi connectivity index (χ3n) is 10.9. The van der Waals surface area contributed by atoms with Crippen molar-refractivity contribution in [1.29, 1.82) is 0 Å². The van der Waals surface area contributed by atoms with E-state index in [9.17, 15) is 0 Å². The van der Waals surface area contributed by atoms with Crippen LogP contribution in [0.25, 0.3) is 66.1 Å². The Labute approximate surface area is 315 Å². The normalized spacial score (nSPS) is 12.2. The molecule has 10 aromatic rings. The second-order valence-corrected chi connectivity index (χ2v) is 14.3. The van der Waals surface area contributed by atoms with Crippen LogP contribution in [-0.2, 0) is 0 Å². The van der Waals surface area contributed by atoms with Gasteiger partial charge in [0.1, 0.15) is 0 Å². The molecule has 0 radical (unpaired) electrons. The van der Waals surface area contributed by atoms with Gasteiger partial charge in [0, 0.05) is 32.9 Å². The molecule has 0 aliphatic heterocycles. The zero-order chi connectivity index (χ0) is 36.2. The Morgan fingerprint density at radius 2 is 0.519 bits per heavy atom. The molecule has 0 unspecified atom stereocenters. The van der Waals surface area contributed by atoms with E-state index in [1.54, 1.807) is 0 Å². The van der Waals surface area contributed by atoms with E-state index in [4.69, 9.17) is 0 Å². The van der Waals surface area contributed by atoms with Crippen molar-refractivity contribution < 1.29 is 0 Å². The molecule has 0 atom stereocenters. The van der Waals surface area contributed by atoms with Crippen molar-refractivity contribution in [2.24, 2.45) is 0 Å². The molecule has 0 aliphatic carbocycles. The molecule has 256 valence electrons. The van der Waals surface area contributed by atoms with Crippen LogP contribution in [0.5, 0.6) is 0 Å². The topological polar surface area (TPSA) is 9.86 Å². The Balaban J connectivity index is 1.18. The van der Waals surface area contributed by atoms with Gasteiger partial charge in [-0.1, -0.05) is 157 Å². The average Bonchev–Trinajstić information content (AvgIpc) is 3.74. The van der Waals surface area contributed by atoms with Crippen LogP contribution in [0.4, 0.5) is 0 Å². The van der Waals surface area contributed by atoms with Crippen molar-refractivity contribution >= 4 is 54.8 Å². The Morgan fingerprint density at radius 1 is 0.278 bits per heavy atom. The minimum Gasteiger partial charge on any atom is -0.309 e. The lowest BCUT2D eigenvalue weighted by Crippen LogP contribution is -2.00. The number of rotatable bonds is 6. The highest BCUT2D eigenvalue weighted by atomic mass is 15.0. The van der Waals surface area contributed by atoms with Gasteiger partial charge < -0.3 is 9.13 Å². The van der Waals surface area contributed by atoms with Crippen LogP contribution in [0.1, 0.15) is 33.4 Å². The van der Waals surface area contributed by atoms with Gasteiger partial charge in [-0.05, 0) is 95.8 Å². The first-order valence-electron chi connectivity index (χ1n) is 18.7. The van der Waals surface area contributed by atoms with Gasteiger partial charge >= 0.3 is 0 Å². The van der Waals surface area contributed by atoms with Crippen LogP contribution in [0.15, 0.2) is 194 Å². The number of nitrogens with zero attached hydrogens (tertiary/aromatic N) is 2. The number of hydrogen-bond donors (Lipinski definition) is 0. The van der Waals surface area contributed by atoms with Crippen LogP contribution in [0.2, 0.25) is 0 Å². The highest BCUT2D eigenvalue weighted by Gasteiger charge is 2.19. The predicted octanol–water partition coefficient (Wildman–Crippen LogP) is 13.5. The molecule has 2 aromatic heterocycles. The molecule has 54 heavy (non-hydrogen) atoms. The average molecular weight is 691 g/mol. The van der Waals surface area contributed by atoms with Gasteiger partial charge in [-0.3, -0.25) is 0 Å². The van der Waals surface area contributed by atoms with E-state index in [1.807, 2.05) is 0 Å². The monoisotopic (exact) mass is 690 g/mol. The summed E-state index contributed by atoms with van der Waals surface area (Å²) in [6.45, 7) is 4.31. The van der Waals surface area contributed by atoms with E-state index in [1.165, 1.54) is 88.1 Å². The fourth-order valence-corrected chi connectivity index (χ4v) is 8.31. The van der Waals surface area contributed by atoms with E-state index in [-0.39, 0.29) is 0 Å². The van der Waals surface area contributed by atoms with E-state index >= 15 is 0 Å². The van der Waals surface area contributed by atoms with Crippen molar-refractivity contribution in [2.45, 2.75) is 13.8 Å². The van der Waals surface area contributed by atoms with E-state index < -0.39 is 0 Å². The summed E-state index contributed by atoms with van der Waals surface area (Å²) in [7, 11) is 0. The van der Waals surface area contributed by atoms with Gasteiger partial charge in [-0.25, -0.2) is 0 Å². The lowest BCUT2D eigenvalue weighted by molar-refractivity contribution is 1.18. The number of fused-ring (bicyclic) bond motifs is 6. The summed E-state index contributed by atoms with van der Waals surface area (Å²) in [6.07, 6.45) is 0. The molecule has 0 aliphatic rings. The zero-order valence-electron chi connectivity index (χ0n) is 30.4. The number of aryl methyl sites for hydroxylation is 2. The molecule has 10 rings (SSSR count). The van der Waals surface area contributed by atoms with Crippen LogP contribution in [0.3, 0.4) is 0 Å². The van der Waals surface area contributed by atoms with Crippen molar-refractivity contribution in [2.75, 3.05) is 0 Å². The fraction of sp³-hybridized carbons (Fsp3) is 0.0385. The Kier molecular flexibility index (Phi) is 7.63. The van der Waals surface area contributed by atoms with Crippen LogP contribution < -0.4 is 0 Å². The number of aromatic nitrogens is 2. The Morgan fingerprint density at radius 3 is 0.796 bits per heavy atom. The standard InChI is InChI=1S/C52H38N2/c1-35-19-23-37(24-20-35)51(39-27-31-41(32-28-39)53-47-15-7-3-11-43(47)44-12-4-8-16-48(44)53)52(38-25-21-36(2)22-26-38)40-29-33-42(34-30-40)54-49-17-9-5-13-45(49)46-14-6-10-18-50(46)54/h3-34H,1-2H3. The molecule has 0 fully saturated rings. The molecule has 0 spiro atoms. The number of para-hydroxylation sites is 4. The largest absolute Gasteiger partial charge is 0.309 e. The number of hydrogen-bond acceptors (Lipinski definition) is 0. The van der Waals surface area contributed by atoms with Gasteiger partial charge in [0.15, 0.2) is 0 Å². The molecule has 8 aromatic carbocycles. The Hall–Kier alpha value is -6.90. The van der Waals surface area contributed by atoms with Gasteiger partial charge in [0.25, 0.3) is 0 Å². The van der Waals surface area contributed by atoms with Crippen LogP contribution >= 0.6 is 0 Å². The summed E-state index contributed by atoms with van der Waals surface area (Å²) in [4.78, 5) is 0. The van der Waals surface area contributed by atoms with Gasteiger partial charge in [0.05, 0.1) is 22.1 Å². The first-order chi connectivity index (χ1) is 26.6. The van der Waals surface area contributed by atoms with Crippen LogP contribution in [0, 0.1) is 13.8 Å². The highest BCUT2D eigenvalue weighted by molar-refractivity contribution is 6.10. The van der Waals surface area contributed by atoms with E-state index in [0.29, 0.717) is 0 Å². The van der Waals surface area contributed by atoms with Crippen molar-refractivity contribution in [3.8, 4) is 11.4 Å². The SMILES string of the molecule is Cc1ccc(C(=C(c2ccc(C)cc2)c2ccc(-n3c4ccccc4c4ccccc43)cc2)c2ccc(-n3c4ccccc4c4ccccc43)cc2)cc1. The van der Waals surface area contributed by atoms with Gasteiger partial charge in [-0.15, -0.1) is 0 Å². The summed E-state index contributed by atoms with van der Waals surface area (Å²) in [5, 5.41) is 5.07. The second kappa shape index (κ2) is 12.9. The molecular formula is C52H38N2. The fourth-order valence-electron chi connectivity index (χ4n) is 8.31. The molecule has 2 heteroatoms. The lowest BCUT2D eigenvalue weighted by Gasteiger charge is -2.19. The molecule has 0 bridgehead atoms. The quantitative estimate of drug-likeness (QED) is 0.154. The first-order valence-corrected chi connectivity index (χ1v) is 18.7. The lowest BCUT2D eigenvalue weighted by atomic mass is 9.85.